The van der Waals surface area contributed by atoms with Crippen LogP contribution in [0.2, 0.25) is 5.02 Å². The number of unbranched alkanes of at least 4 members (excludes halogenated alkanes) is 2. The molecule has 0 saturated heterocycles. The molecule has 0 aliphatic heterocycles. The number of esters is 1. The first kappa shape index (κ1) is 22.4. The molecular weight excluding hydrogens is 414 g/mol. The van der Waals surface area contributed by atoms with Crippen LogP contribution in [0.4, 0.5) is 5.69 Å². The van der Waals surface area contributed by atoms with Crippen LogP contribution < -0.4 is 9.47 Å². The molecule has 0 aromatic heterocycles. The minimum atomic E-state index is -0.514. The first-order chi connectivity index (χ1) is 15.0. The van der Waals surface area contributed by atoms with E-state index in [0.717, 1.165) is 25.0 Å². The van der Waals surface area contributed by atoms with E-state index in [4.69, 9.17) is 21.1 Å². The molecule has 0 radical (unpaired) electrons. The molecule has 0 aliphatic rings. The van der Waals surface area contributed by atoms with Crippen molar-refractivity contribution < 1.29 is 19.4 Å². The van der Waals surface area contributed by atoms with Crippen LogP contribution in [-0.2, 0) is 0 Å². The highest BCUT2D eigenvalue weighted by Gasteiger charge is 2.10. The highest BCUT2D eigenvalue weighted by molar-refractivity contribution is 6.30. The SMILES string of the molecule is CCCCCOc1ccc(C(=O)Oc2ccc(C=Nc3ccc(Cl)cc3)c(O)c2)cc1. The zero-order chi connectivity index (χ0) is 22.1. The third kappa shape index (κ3) is 6.86. The zero-order valence-electron chi connectivity index (χ0n) is 17.3. The Morgan fingerprint density at radius 3 is 2.39 bits per heavy atom. The number of hydrogen-bond donors (Lipinski definition) is 1. The Bertz CT molecular complexity index is 1030. The Morgan fingerprint density at radius 1 is 1.00 bits per heavy atom. The zero-order valence-corrected chi connectivity index (χ0v) is 18.0. The lowest BCUT2D eigenvalue weighted by Gasteiger charge is -2.08. The van der Waals surface area contributed by atoms with Crippen molar-refractivity contribution in [1.29, 1.82) is 0 Å². The molecule has 160 valence electrons. The van der Waals surface area contributed by atoms with Gasteiger partial charge >= 0.3 is 5.97 Å². The summed E-state index contributed by atoms with van der Waals surface area (Å²) >= 11 is 5.86. The first-order valence-electron chi connectivity index (χ1n) is 10.1. The Kier molecular flexibility index (Phi) is 8.07. The maximum atomic E-state index is 12.4. The lowest BCUT2D eigenvalue weighted by Crippen LogP contribution is -2.08. The van der Waals surface area contributed by atoms with Gasteiger partial charge < -0.3 is 14.6 Å². The summed E-state index contributed by atoms with van der Waals surface area (Å²) in [7, 11) is 0. The average Bonchev–Trinajstić information content (AvgIpc) is 2.78. The van der Waals surface area contributed by atoms with E-state index in [9.17, 15) is 9.90 Å². The second-order valence-electron chi connectivity index (χ2n) is 6.92. The number of phenols is 1. The summed E-state index contributed by atoms with van der Waals surface area (Å²) in [5, 5.41) is 10.9. The lowest BCUT2D eigenvalue weighted by atomic mass is 10.2. The van der Waals surface area contributed by atoms with Crippen molar-refractivity contribution in [2.24, 2.45) is 4.99 Å². The highest BCUT2D eigenvalue weighted by Crippen LogP contribution is 2.25. The molecule has 31 heavy (non-hydrogen) atoms. The van der Waals surface area contributed by atoms with Crippen molar-refractivity contribution >= 4 is 29.5 Å². The molecule has 0 saturated carbocycles. The predicted molar refractivity (Wildman–Crippen MR) is 123 cm³/mol. The molecule has 3 rings (SSSR count). The molecule has 0 spiro atoms. The van der Waals surface area contributed by atoms with Gasteiger partial charge in [-0.25, -0.2) is 4.79 Å². The van der Waals surface area contributed by atoms with E-state index in [1.54, 1.807) is 60.7 Å². The summed E-state index contributed by atoms with van der Waals surface area (Å²) in [5.74, 6) is 0.402. The minimum absolute atomic E-state index is 0.0427. The normalized spacial score (nSPS) is 10.9. The van der Waals surface area contributed by atoms with Crippen molar-refractivity contribution in [2.75, 3.05) is 6.61 Å². The van der Waals surface area contributed by atoms with Crippen molar-refractivity contribution in [3.63, 3.8) is 0 Å². The van der Waals surface area contributed by atoms with E-state index in [-0.39, 0.29) is 11.5 Å². The van der Waals surface area contributed by atoms with Crippen molar-refractivity contribution in [1.82, 2.24) is 0 Å². The molecule has 3 aromatic rings. The van der Waals surface area contributed by atoms with E-state index in [0.29, 0.717) is 28.4 Å². The number of rotatable bonds is 9. The number of ether oxygens (including phenoxy) is 2. The van der Waals surface area contributed by atoms with Gasteiger partial charge in [0.15, 0.2) is 0 Å². The molecule has 0 unspecified atom stereocenters. The van der Waals surface area contributed by atoms with Gasteiger partial charge in [0.05, 0.1) is 17.9 Å². The highest BCUT2D eigenvalue weighted by atomic mass is 35.5. The van der Waals surface area contributed by atoms with Crippen LogP contribution in [0.1, 0.15) is 42.1 Å². The molecule has 0 fully saturated rings. The van der Waals surface area contributed by atoms with E-state index in [1.165, 1.54) is 12.3 Å². The predicted octanol–water partition coefficient (Wildman–Crippen LogP) is 6.58. The number of benzene rings is 3. The van der Waals surface area contributed by atoms with E-state index in [1.807, 2.05) is 0 Å². The number of hydrogen-bond acceptors (Lipinski definition) is 5. The van der Waals surface area contributed by atoms with Gasteiger partial charge in [0.2, 0.25) is 0 Å². The molecule has 0 atom stereocenters. The number of halogens is 1. The second-order valence-corrected chi connectivity index (χ2v) is 7.36. The number of carbonyl (C=O) groups excluding carboxylic acids is 1. The van der Waals surface area contributed by atoms with Crippen LogP contribution in [0, 0.1) is 0 Å². The van der Waals surface area contributed by atoms with Gasteiger partial charge in [0.25, 0.3) is 0 Å². The summed E-state index contributed by atoms with van der Waals surface area (Å²) in [6, 6.07) is 18.4. The molecule has 0 amide bonds. The van der Waals surface area contributed by atoms with Crippen LogP contribution in [0.15, 0.2) is 71.7 Å². The van der Waals surface area contributed by atoms with Gasteiger partial charge in [0.1, 0.15) is 17.2 Å². The number of aliphatic imine (C=N–C) groups is 1. The molecule has 1 N–H and O–H groups in total. The Labute approximate surface area is 186 Å². The maximum absolute atomic E-state index is 12.4. The van der Waals surface area contributed by atoms with Crippen LogP contribution in [-0.4, -0.2) is 23.9 Å². The molecule has 0 bridgehead atoms. The molecule has 0 aliphatic carbocycles. The number of aromatic hydroxyl groups is 1. The third-order valence-corrected chi connectivity index (χ3v) is 4.75. The standard InChI is InChI=1S/C25H24ClNO4/c1-2-3-4-15-30-22-12-5-18(6-13-22)25(29)31-23-14-7-19(24(28)16-23)17-27-21-10-8-20(26)9-11-21/h5-14,16-17,28H,2-4,15H2,1H3. The quantitative estimate of drug-likeness (QED) is 0.177. The molecule has 5 nitrogen and oxygen atoms in total. The van der Waals surface area contributed by atoms with E-state index >= 15 is 0 Å². The van der Waals surface area contributed by atoms with Gasteiger partial charge in [-0.2, -0.15) is 0 Å². The van der Waals surface area contributed by atoms with Gasteiger partial charge in [-0.1, -0.05) is 31.4 Å². The first-order valence-corrected chi connectivity index (χ1v) is 10.5. The van der Waals surface area contributed by atoms with Crippen LogP contribution in [0.5, 0.6) is 17.2 Å². The van der Waals surface area contributed by atoms with Crippen LogP contribution in [0.3, 0.4) is 0 Å². The van der Waals surface area contributed by atoms with Crippen LogP contribution in [0.25, 0.3) is 0 Å². The lowest BCUT2D eigenvalue weighted by molar-refractivity contribution is 0.0734. The summed E-state index contributed by atoms with van der Waals surface area (Å²) in [4.78, 5) is 16.7. The number of nitrogens with zero attached hydrogens (tertiary/aromatic N) is 1. The molecular formula is C25H24ClNO4. The summed E-state index contributed by atoms with van der Waals surface area (Å²) < 4.78 is 11.0. The van der Waals surface area contributed by atoms with Crippen molar-refractivity contribution in [3.05, 3.63) is 82.9 Å². The molecule has 3 aromatic carbocycles. The van der Waals surface area contributed by atoms with Crippen molar-refractivity contribution in [3.8, 4) is 17.2 Å². The fourth-order valence-electron chi connectivity index (χ4n) is 2.76. The van der Waals surface area contributed by atoms with Crippen LogP contribution >= 0.6 is 11.6 Å². The van der Waals surface area contributed by atoms with Gasteiger partial charge in [0, 0.05) is 22.9 Å². The summed E-state index contributed by atoms with van der Waals surface area (Å²) in [5.41, 5.74) is 1.60. The average molecular weight is 438 g/mol. The Balaban J connectivity index is 1.58. The van der Waals surface area contributed by atoms with E-state index in [2.05, 4.69) is 11.9 Å². The van der Waals surface area contributed by atoms with Gasteiger partial charge in [-0.15, -0.1) is 0 Å². The fourth-order valence-corrected chi connectivity index (χ4v) is 2.89. The van der Waals surface area contributed by atoms with E-state index < -0.39 is 5.97 Å². The number of phenolic OH excluding ortho intramolecular Hbond substituents is 1. The maximum Gasteiger partial charge on any atom is 0.343 e. The molecule has 0 heterocycles. The Hall–Kier alpha value is -3.31. The Morgan fingerprint density at radius 2 is 1.71 bits per heavy atom. The minimum Gasteiger partial charge on any atom is -0.507 e. The monoisotopic (exact) mass is 437 g/mol. The third-order valence-electron chi connectivity index (χ3n) is 4.50. The van der Waals surface area contributed by atoms with Gasteiger partial charge in [-0.3, -0.25) is 4.99 Å². The largest absolute Gasteiger partial charge is 0.507 e. The van der Waals surface area contributed by atoms with Crippen molar-refractivity contribution in [2.45, 2.75) is 26.2 Å². The second kappa shape index (κ2) is 11.2. The summed E-state index contributed by atoms with van der Waals surface area (Å²) in [6.45, 7) is 2.80. The smallest absolute Gasteiger partial charge is 0.343 e. The van der Waals surface area contributed by atoms with Gasteiger partial charge in [-0.05, 0) is 67.1 Å². The topological polar surface area (TPSA) is 68.1 Å². The molecule has 6 heteroatoms. The number of carbonyl (C=O) groups is 1. The fraction of sp³-hybridized carbons (Fsp3) is 0.200. The summed E-state index contributed by atoms with van der Waals surface area (Å²) in [6.07, 6.45) is 4.80.